The Balaban J connectivity index is 2.25. The zero-order chi connectivity index (χ0) is 10.5. The highest BCUT2D eigenvalue weighted by Crippen LogP contribution is 2.24. The van der Waals surface area contributed by atoms with Crippen molar-refractivity contribution in [1.29, 1.82) is 0 Å². The van der Waals surface area contributed by atoms with Gasteiger partial charge in [-0.25, -0.2) is 0 Å². The maximum absolute atomic E-state index is 4.27. The van der Waals surface area contributed by atoms with Crippen LogP contribution in [0.25, 0.3) is 11.3 Å². The lowest BCUT2D eigenvalue weighted by Gasteiger charge is -2.02. The van der Waals surface area contributed by atoms with Crippen LogP contribution in [-0.4, -0.2) is 20.3 Å². The Morgan fingerprint density at radius 2 is 2.33 bits per heavy atom. The van der Waals surface area contributed by atoms with Crippen LogP contribution in [-0.2, 0) is 0 Å². The summed E-state index contributed by atoms with van der Waals surface area (Å²) in [7, 11) is 0. The molecule has 0 atom stereocenters. The maximum Gasteiger partial charge on any atom is 0.168 e. The molecule has 2 rings (SSSR count). The van der Waals surface area contributed by atoms with Crippen molar-refractivity contribution in [1.82, 2.24) is 13.7 Å². The van der Waals surface area contributed by atoms with E-state index in [4.69, 9.17) is 0 Å². The average molecular weight is 220 g/mol. The van der Waals surface area contributed by atoms with Gasteiger partial charge in [-0.2, -0.15) is 8.75 Å². The minimum Gasteiger partial charge on any atom is -0.367 e. The molecular formula is C10H12N4S. The molecule has 2 heterocycles. The van der Waals surface area contributed by atoms with Crippen molar-refractivity contribution >= 4 is 17.5 Å². The number of hydrogen-bond donors (Lipinski definition) is 1. The second kappa shape index (κ2) is 4.84. The van der Waals surface area contributed by atoms with Gasteiger partial charge in [0.15, 0.2) is 5.82 Å². The first-order chi connectivity index (χ1) is 7.42. The third-order valence-corrected chi connectivity index (χ3v) is 2.49. The molecule has 2 aromatic heterocycles. The molecule has 0 fully saturated rings. The van der Waals surface area contributed by atoms with E-state index in [2.05, 4.69) is 26.0 Å². The molecule has 4 nitrogen and oxygen atoms in total. The van der Waals surface area contributed by atoms with Crippen molar-refractivity contribution in [2.45, 2.75) is 13.3 Å². The summed E-state index contributed by atoms with van der Waals surface area (Å²) >= 11 is 1.22. The van der Waals surface area contributed by atoms with Crippen molar-refractivity contribution < 1.29 is 0 Å². The molecule has 15 heavy (non-hydrogen) atoms. The van der Waals surface area contributed by atoms with Crippen LogP contribution in [0.4, 0.5) is 5.82 Å². The first kappa shape index (κ1) is 10.0. The van der Waals surface area contributed by atoms with Gasteiger partial charge in [-0.1, -0.05) is 6.92 Å². The summed E-state index contributed by atoms with van der Waals surface area (Å²) in [5.74, 6) is 0.856. The Bertz CT molecular complexity index is 412. The normalized spacial score (nSPS) is 10.2. The van der Waals surface area contributed by atoms with Crippen LogP contribution in [0.15, 0.2) is 24.5 Å². The number of anilines is 1. The van der Waals surface area contributed by atoms with E-state index in [0.29, 0.717) is 0 Å². The Hall–Kier alpha value is -1.49. The van der Waals surface area contributed by atoms with Gasteiger partial charge in [-0.3, -0.25) is 4.98 Å². The smallest absolute Gasteiger partial charge is 0.168 e. The maximum atomic E-state index is 4.27. The molecule has 0 aliphatic heterocycles. The van der Waals surface area contributed by atoms with Crippen LogP contribution in [0.3, 0.4) is 0 Å². The molecule has 78 valence electrons. The standard InChI is InChI=1S/C10H12N4S/c1-2-5-12-10-9(13-15-14-10)8-4-3-6-11-7-8/h3-4,6-7H,2,5H2,1H3,(H,12,14). The van der Waals surface area contributed by atoms with Crippen LogP contribution in [0, 0.1) is 0 Å². The van der Waals surface area contributed by atoms with E-state index in [1.54, 1.807) is 12.4 Å². The molecule has 2 aromatic rings. The van der Waals surface area contributed by atoms with E-state index < -0.39 is 0 Å². The van der Waals surface area contributed by atoms with Crippen molar-refractivity contribution in [2.24, 2.45) is 0 Å². The Labute approximate surface area is 92.7 Å². The molecular weight excluding hydrogens is 208 g/mol. The molecule has 0 aliphatic rings. The summed E-state index contributed by atoms with van der Waals surface area (Å²) in [4.78, 5) is 4.07. The van der Waals surface area contributed by atoms with Gasteiger partial charge in [-0.15, -0.1) is 0 Å². The van der Waals surface area contributed by atoms with Gasteiger partial charge >= 0.3 is 0 Å². The fraction of sp³-hybridized carbons (Fsp3) is 0.300. The predicted molar refractivity (Wildman–Crippen MR) is 61.9 cm³/mol. The van der Waals surface area contributed by atoms with E-state index in [1.165, 1.54) is 11.7 Å². The SMILES string of the molecule is CCCNc1nsnc1-c1cccnc1. The first-order valence-corrected chi connectivity index (χ1v) is 5.61. The summed E-state index contributed by atoms with van der Waals surface area (Å²) < 4.78 is 8.49. The quantitative estimate of drug-likeness (QED) is 0.859. The third kappa shape index (κ3) is 2.30. The Morgan fingerprint density at radius 3 is 3.07 bits per heavy atom. The van der Waals surface area contributed by atoms with Gasteiger partial charge in [0, 0.05) is 24.5 Å². The van der Waals surface area contributed by atoms with Crippen molar-refractivity contribution in [3.8, 4) is 11.3 Å². The van der Waals surface area contributed by atoms with Crippen molar-refractivity contribution in [2.75, 3.05) is 11.9 Å². The number of hydrogen-bond acceptors (Lipinski definition) is 5. The van der Waals surface area contributed by atoms with Crippen molar-refractivity contribution in [3.63, 3.8) is 0 Å². The van der Waals surface area contributed by atoms with Gasteiger partial charge in [0.1, 0.15) is 5.69 Å². The fourth-order valence-corrected chi connectivity index (χ4v) is 1.79. The molecule has 0 aliphatic carbocycles. The Kier molecular flexibility index (Phi) is 3.24. The van der Waals surface area contributed by atoms with E-state index in [0.717, 1.165) is 30.0 Å². The van der Waals surface area contributed by atoms with Crippen LogP contribution in [0.2, 0.25) is 0 Å². The lowest BCUT2D eigenvalue weighted by Crippen LogP contribution is -2.01. The van der Waals surface area contributed by atoms with Gasteiger partial charge in [0.2, 0.25) is 0 Å². The second-order valence-electron chi connectivity index (χ2n) is 3.13. The number of nitrogens with one attached hydrogen (secondary N) is 1. The van der Waals surface area contributed by atoms with E-state index >= 15 is 0 Å². The summed E-state index contributed by atoms with van der Waals surface area (Å²) in [5, 5.41) is 3.25. The minimum absolute atomic E-state index is 0.856. The van der Waals surface area contributed by atoms with Crippen LogP contribution in [0.5, 0.6) is 0 Å². The molecule has 0 unspecified atom stereocenters. The molecule has 1 N–H and O–H groups in total. The summed E-state index contributed by atoms with van der Waals surface area (Å²) in [6.07, 6.45) is 4.63. The molecule has 0 bridgehead atoms. The first-order valence-electron chi connectivity index (χ1n) is 4.88. The molecule has 0 spiro atoms. The summed E-state index contributed by atoms with van der Waals surface area (Å²) in [5.41, 5.74) is 1.89. The zero-order valence-electron chi connectivity index (χ0n) is 8.47. The summed E-state index contributed by atoms with van der Waals surface area (Å²) in [6, 6.07) is 3.89. The lowest BCUT2D eigenvalue weighted by atomic mass is 10.2. The Morgan fingerprint density at radius 1 is 1.40 bits per heavy atom. The molecule has 0 amide bonds. The largest absolute Gasteiger partial charge is 0.367 e. The van der Waals surface area contributed by atoms with Gasteiger partial charge in [0.25, 0.3) is 0 Å². The van der Waals surface area contributed by atoms with Crippen LogP contribution >= 0.6 is 11.7 Å². The zero-order valence-corrected chi connectivity index (χ0v) is 9.29. The van der Waals surface area contributed by atoms with Gasteiger partial charge in [-0.05, 0) is 18.6 Å². The number of pyridine rings is 1. The highest BCUT2D eigenvalue weighted by Gasteiger charge is 2.09. The van der Waals surface area contributed by atoms with E-state index in [9.17, 15) is 0 Å². The predicted octanol–water partition coefficient (Wildman–Crippen LogP) is 2.42. The topological polar surface area (TPSA) is 50.7 Å². The number of aromatic nitrogens is 3. The highest BCUT2D eigenvalue weighted by atomic mass is 32.1. The second-order valence-corrected chi connectivity index (χ2v) is 3.66. The van der Waals surface area contributed by atoms with Crippen molar-refractivity contribution in [3.05, 3.63) is 24.5 Å². The third-order valence-electron chi connectivity index (χ3n) is 1.97. The number of nitrogens with zero attached hydrogens (tertiary/aromatic N) is 3. The minimum atomic E-state index is 0.856. The van der Waals surface area contributed by atoms with E-state index in [-0.39, 0.29) is 0 Å². The molecule has 0 aromatic carbocycles. The number of rotatable bonds is 4. The van der Waals surface area contributed by atoms with Crippen LogP contribution < -0.4 is 5.32 Å². The lowest BCUT2D eigenvalue weighted by molar-refractivity contribution is 0.974. The van der Waals surface area contributed by atoms with E-state index in [1.807, 2.05) is 12.1 Å². The van der Waals surface area contributed by atoms with Gasteiger partial charge in [0.05, 0.1) is 11.7 Å². The van der Waals surface area contributed by atoms with Gasteiger partial charge < -0.3 is 5.32 Å². The fourth-order valence-electron chi connectivity index (χ4n) is 1.24. The molecule has 0 saturated heterocycles. The molecule has 5 heteroatoms. The highest BCUT2D eigenvalue weighted by molar-refractivity contribution is 6.99. The van der Waals surface area contributed by atoms with Crippen LogP contribution in [0.1, 0.15) is 13.3 Å². The average Bonchev–Trinajstić information content (AvgIpc) is 2.75. The molecule has 0 radical (unpaired) electrons. The monoisotopic (exact) mass is 220 g/mol. The molecule has 0 saturated carbocycles. The summed E-state index contributed by atoms with van der Waals surface area (Å²) in [6.45, 7) is 3.04.